The van der Waals surface area contributed by atoms with Crippen LogP contribution in [-0.2, 0) is 0 Å². The summed E-state index contributed by atoms with van der Waals surface area (Å²) in [5, 5.41) is 4.27. The van der Waals surface area contributed by atoms with Crippen LogP contribution in [0.2, 0.25) is 5.02 Å². The zero-order chi connectivity index (χ0) is 11.0. The van der Waals surface area contributed by atoms with Gasteiger partial charge in [-0.2, -0.15) is 0 Å². The second kappa shape index (κ2) is 4.15. The van der Waals surface area contributed by atoms with E-state index in [4.69, 9.17) is 11.6 Å². The van der Waals surface area contributed by atoms with E-state index in [-0.39, 0.29) is 0 Å². The Morgan fingerprint density at radius 2 is 2.13 bits per heavy atom. The van der Waals surface area contributed by atoms with E-state index in [0.717, 1.165) is 22.4 Å². The maximum atomic E-state index is 6.15. The summed E-state index contributed by atoms with van der Waals surface area (Å²) in [4.78, 5) is 0. The van der Waals surface area contributed by atoms with Crippen LogP contribution in [0.1, 0.15) is 30.5 Å². The van der Waals surface area contributed by atoms with E-state index in [1.54, 1.807) is 0 Å². The van der Waals surface area contributed by atoms with Crippen molar-refractivity contribution in [3.63, 3.8) is 0 Å². The van der Waals surface area contributed by atoms with Crippen LogP contribution in [-0.4, -0.2) is 7.05 Å². The van der Waals surface area contributed by atoms with Gasteiger partial charge in [0.15, 0.2) is 0 Å². The molecule has 0 heterocycles. The smallest absolute Gasteiger partial charge is 0.0438 e. The van der Waals surface area contributed by atoms with Crippen LogP contribution >= 0.6 is 11.6 Å². The molecule has 1 aliphatic carbocycles. The lowest BCUT2D eigenvalue weighted by Gasteiger charge is -2.17. The Balaban J connectivity index is 2.23. The Morgan fingerprint density at radius 3 is 2.60 bits per heavy atom. The van der Waals surface area contributed by atoms with Crippen molar-refractivity contribution in [1.29, 1.82) is 0 Å². The summed E-state index contributed by atoms with van der Waals surface area (Å²) in [6, 6.07) is 6.86. The molecule has 0 radical (unpaired) electrons. The van der Waals surface area contributed by atoms with Gasteiger partial charge in [0.05, 0.1) is 0 Å². The van der Waals surface area contributed by atoms with Gasteiger partial charge in [-0.05, 0) is 49.4 Å². The molecule has 2 rings (SSSR count). The van der Waals surface area contributed by atoms with Gasteiger partial charge in [0.1, 0.15) is 0 Å². The van der Waals surface area contributed by atoms with E-state index in [0.29, 0.717) is 6.04 Å². The Morgan fingerprint density at radius 1 is 1.47 bits per heavy atom. The number of aryl methyl sites for hydroxylation is 1. The molecule has 3 unspecified atom stereocenters. The fourth-order valence-corrected chi connectivity index (χ4v) is 2.43. The van der Waals surface area contributed by atoms with Crippen molar-refractivity contribution in [1.82, 2.24) is 5.32 Å². The number of rotatable bonds is 3. The number of benzene rings is 1. The SMILES string of the molecule is CNC(c1ccc(C)c(Cl)c1)C1CC1C. The Bertz CT molecular complexity index is 362. The first-order chi connectivity index (χ1) is 7.13. The normalized spacial score (nSPS) is 26.4. The van der Waals surface area contributed by atoms with E-state index < -0.39 is 0 Å². The molecule has 1 saturated carbocycles. The summed E-state index contributed by atoms with van der Waals surface area (Å²) in [5.74, 6) is 1.64. The van der Waals surface area contributed by atoms with Crippen molar-refractivity contribution in [3.05, 3.63) is 34.3 Å². The minimum Gasteiger partial charge on any atom is -0.313 e. The van der Waals surface area contributed by atoms with Crippen molar-refractivity contribution in [2.75, 3.05) is 7.05 Å². The van der Waals surface area contributed by atoms with Crippen LogP contribution in [0.15, 0.2) is 18.2 Å². The number of nitrogens with one attached hydrogen (secondary N) is 1. The summed E-state index contributed by atoms with van der Waals surface area (Å²) in [5.41, 5.74) is 2.47. The predicted octanol–water partition coefficient (Wildman–Crippen LogP) is 3.56. The van der Waals surface area contributed by atoms with Crippen molar-refractivity contribution in [2.24, 2.45) is 11.8 Å². The van der Waals surface area contributed by atoms with Crippen molar-refractivity contribution in [3.8, 4) is 0 Å². The molecule has 0 aliphatic heterocycles. The summed E-state index contributed by atoms with van der Waals surface area (Å²) >= 11 is 6.15. The van der Waals surface area contributed by atoms with Crippen molar-refractivity contribution < 1.29 is 0 Å². The van der Waals surface area contributed by atoms with Gasteiger partial charge >= 0.3 is 0 Å². The second-order valence-corrected chi connectivity index (χ2v) is 5.06. The lowest BCUT2D eigenvalue weighted by atomic mass is 10.0. The monoisotopic (exact) mass is 223 g/mol. The van der Waals surface area contributed by atoms with E-state index in [1.807, 2.05) is 14.0 Å². The van der Waals surface area contributed by atoms with Gasteiger partial charge in [-0.25, -0.2) is 0 Å². The van der Waals surface area contributed by atoms with E-state index in [2.05, 4.69) is 30.4 Å². The van der Waals surface area contributed by atoms with Crippen molar-refractivity contribution >= 4 is 11.6 Å². The third-order valence-corrected chi connectivity index (χ3v) is 3.87. The Kier molecular flexibility index (Phi) is 3.03. The van der Waals surface area contributed by atoms with E-state index in [1.165, 1.54) is 12.0 Å². The molecule has 0 bridgehead atoms. The molecular weight excluding hydrogens is 206 g/mol. The molecule has 0 saturated heterocycles. The van der Waals surface area contributed by atoms with Gasteiger partial charge in [-0.15, -0.1) is 0 Å². The average molecular weight is 224 g/mol. The number of halogens is 1. The lowest BCUT2D eigenvalue weighted by molar-refractivity contribution is 0.504. The summed E-state index contributed by atoms with van der Waals surface area (Å²) in [7, 11) is 2.03. The van der Waals surface area contributed by atoms with Crippen LogP contribution in [0.5, 0.6) is 0 Å². The zero-order valence-corrected chi connectivity index (χ0v) is 10.3. The first-order valence-corrected chi connectivity index (χ1v) is 5.94. The molecule has 1 aromatic carbocycles. The highest BCUT2D eigenvalue weighted by Gasteiger charge is 2.39. The predicted molar refractivity (Wildman–Crippen MR) is 65.3 cm³/mol. The molecular formula is C13H18ClN. The molecule has 1 nitrogen and oxygen atoms in total. The van der Waals surface area contributed by atoms with Gasteiger partial charge in [-0.1, -0.05) is 30.7 Å². The molecule has 15 heavy (non-hydrogen) atoms. The minimum atomic E-state index is 0.470. The van der Waals surface area contributed by atoms with Gasteiger partial charge in [0.2, 0.25) is 0 Å². The third kappa shape index (κ3) is 2.19. The number of hydrogen-bond donors (Lipinski definition) is 1. The first kappa shape index (κ1) is 11.0. The molecule has 82 valence electrons. The maximum absolute atomic E-state index is 6.15. The van der Waals surface area contributed by atoms with Gasteiger partial charge in [0, 0.05) is 11.1 Å². The molecule has 2 heteroatoms. The summed E-state index contributed by atoms with van der Waals surface area (Å²) in [6.45, 7) is 4.35. The van der Waals surface area contributed by atoms with Crippen LogP contribution < -0.4 is 5.32 Å². The maximum Gasteiger partial charge on any atom is 0.0438 e. The van der Waals surface area contributed by atoms with Crippen LogP contribution in [0.4, 0.5) is 0 Å². The highest BCUT2D eigenvalue weighted by Crippen LogP contribution is 2.47. The topological polar surface area (TPSA) is 12.0 Å². The zero-order valence-electron chi connectivity index (χ0n) is 9.55. The Hall–Kier alpha value is -0.530. The molecule has 1 N–H and O–H groups in total. The molecule has 0 aromatic heterocycles. The van der Waals surface area contributed by atoms with Crippen LogP contribution in [0.25, 0.3) is 0 Å². The van der Waals surface area contributed by atoms with Gasteiger partial charge in [0.25, 0.3) is 0 Å². The third-order valence-electron chi connectivity index (χ3n) is 3.47. The van der Waals surface area contributed by atoms with E-state index >= 15 is 0 Å². The molecule has 0 spiro atoms. The number of hydrogen-bond acceptors (Lipinski definition) is 1. The van der Waals surface area contributed by atoms with Crippen LogP contribution in [0, 0.1) is 18.8 Å². The lowest BCUT2D eigenvalue weighted by Crippen LogP contribution is -2.19. The quantitative estimate of drug-likeness (QED) is 0.826. The highest BCUT2D eigenvalue weighted by molar-refractivity contribution is 6.31. The molecule has 1 aliphatic rings. The Labute approximate surface area is 96.8 Å². The molecule has 1 fully saturated rings. The first-order valence-electron chi connectivity index (χ1n) is 5.56. The standard InChI is InChI=1S/C13H18ClN/c1-8-4-5-10(7-12(8)14)13(15-3)11-6-9(11)2/h4-5,7,9,11,13,15H,6H2,1-3H3. The van der Waals surface area contributed by atoms with Gasteiger partial charge < -0.3 is 5.32 Å². The van der Waals surface area contributed by atoms with Crippen molar-refractivity contribution in [2.45, 2.75) is 26.3 Å². The van der Waals surface area contributed by atoms with Gasteiger partial charge in [-0.3, -0.25) is 0 Å². The highest BCUT2D eigenvalue weighted by atomic mass is 35.5. The minimum absolute atomic E-state index is 0.470. The summed E-state index contributed by atoms with van der Waals surface area (Å²) < 4.78 is 0. The fraction of sp³-hybridized carbons (Fsp3) is 0.538. The molecule has 1 aromatic rings. The molecule has 0 amide bonds. The summed E-state index contributed by atoms with van der Waals surface area (Å²) in [6.07, 6.45) is 1.33. The fourth-order valence-electron chi connectivity index (χ4n) is 2.25. The van der Waals surface area contributed by atoms with Crippen LogP contribution in [0.3, 0.4) is 0 Å². The second-order valence-electron chi connectivity index (χ2n) is 4.65. The van der Waals surface area contributed by atoms with E-state index in [9.17, 15) is 0 Å². The average Bonchev–Trinajstić information content (AvgIpc) is 2.90. The largest absolute Gasteiger partial charge is 0.313 e. The molecule has 3 atom stereocenters.